The summed E-state index contributed by atoms with van der Waals surface area (Å²) in [5.41, 5.74) is 2.96. The van der Waals surface area contributed by atoms with E-state index in [1.54, 1.807) is 17.5 Å². The Hall–Kier alpha value is -2.75. The summed E-state index contributed by atoms with van der Waals surface area (Å²) in [6.45, 7) is 0.488. The molecule has 0 aromatic carbocycles. The lowest BCUT2D eigenvalue weighted by Crippen LogP contribution is -2.37. The molecule has 0 saturated heterocycles. The standard InChI is InChI=1S/C8H6N10/c1-2-17-8(15-11-1)14-6(16-17)5-10-4-18-7(13-5)9-3-12-18/h1-2,4,12H,3H2. The monoisotopic (exact) mass is 242 g/mol. The molecule has 18 heavy (non-hydrogen) atoms. The van der Waals surface area contributed by atoms with Crippen molar-refractivity contribution < 1.29 is 0 Å². The van der Waals surface area contributed by atoms with Gasteiger partial charge in [-0.15, -0.1) is 10.2 Å². The van der Waals surface area contributed by atoms with Gasteiger partial charge in [0.1, 0.15) is 13.0 Å². The van der Waals surface area contributed by atoms with Crippen LogP contribution in [0.5, 0.6) is 0 Å². The Balaban J connectivity index is 1.81. The van der Waals surface area contributed by atoms with Gasteiger partial charge in [0, 0.05) is 0 Å². The molecule has 0 fully saturated rings. The summed E-state index contributed by atoms with van der Waals surface area (Å²) >= 11 is 0. The third-order valence-electron chi connectivity index (χ3n) is 2.41. The largest absolute Gasteiger partial charge is 0.272 e. The molecule has 0 amide bonds. The minimum Gasteiger partial charge on any atom is -0.232 e. The SMILES string of the molecule is C1=NC(c2nc3nnccn3n2)=NC2=NCNN12. The molecule has 1 N–H and O–H groups in total. The van der Waals surface area contributed by atoms with E-state index in [-0.39, 0.29) is 0 Å². The average Bonchev–Trinajstić information content (AvgIpc) is 3.04. The van der Waals surface area contributed by atoms with Crippen LogP contribution < -0.4 is 5.43 Å². The second-order valence-corrected chi connectivity index (χ2v) is 3.52. The molecule has 2 aliphatic rings. The number of fused-ring (bicyclic) bond motifs is 2. The molecule has 2 aliphatic heterocycles. The van der Waals surface area contributed by atoms with E-state index in [4.69, 9.17) is 0 Å². The lowest BCUT2D eigenvalue weighted by molar-refractivity contribution is 0.502. The van der Waals surface area contributed by atoms with Crippen molar-refractivity contribution in [2.45, 2.75) is 0 Å². The first kappa shape index (κ1) is 9.30. The van der Waals surface area contributed by atoms with E-state index in [9.17, 15) is 0 Å². The number of rotatable bonds is 1. The van der Waals surface area contributed by atoms with Gasteiger partial charge in [0.05, 0.1) is 12.4 Å². The van der Waals surface area contributed by atoms with Crippen LogP contribution in [0.1, 0.15) is 5.82 Å². The molecular weight excluding hydrogens is 236 g/mol. The number of amidine groups is 1. The van der Waals surface area contributed by atoms with Crippen molar-refractivity contribution >= 4 is 23.9 Å². The van der Waals surface area contributed by atoms with Crippen molar-refractivity contribution in [3.63, 3.8) is 0 Å². The van der Waals surface area contributed by atoms with Gasteiger partial charge < -0.3 is 0 Å². The molecule has 0 aliphatic carbocycles. The van der Waals surface area contributed by atoms with Crippen molar-refractivity contribution in [1.29, 1.82) is 0 Å². The lowest BCUT2D eigenvalue weighted by Gasteiger charge is -2.14. The van der Waals surface area contributed by atoms with Crippen molar-refractivity contribution in [3.8, 4) is 0 Å². The van der Waals surface area contributed by atoms with E-state index >= 15 is 0 Å². The first-order chi connectivity index (χ1) is 8.90. The van der Waals surface area contributed by atoms with Gasteiger partial charge in [-0.25, -0.2) is 24.9 Å². The Morgan fingerprint density at radius 1 is 1.33 bits per heavy atom. The Morgan fingerprint density at radius 2 is 2.33 bits per heavy atom. The highest BCUT2D eigenvalue weighted by Gasteiger charge is 2.21. The van der Waals surface area contributed by atoms with Gasteiger partial charge in [0.15, 0.2) is 0 Å². The van der Waals surface area contributed by atoms with Crippen LogP contribution in [-0.4, -0.2) is 54.6 Å². The zero-order valence-electron chi connectivity index (χ0n) is 8.96. The molecule has 88 valence electrons. The highest BCUT2D eigenvalue weighted by atomic mass is 15.6. The topological polar surface area (TPSA) is 108 Å². The normalized spacial score (nSPS) is 17.9. The van der Waals surface area contributed by atoms with Gasteiger partial charge >= 0.3 is 0 Å². The number of nitrogens with one attached hydrogen (secondary N) is 1. The first-order valence-corrected chi connectivity index (χ1v) is 5.15. The quantitative estimate of drug-likeness (QED) is 0.648. The molecule has 0 spiro atoms. The van der Waals surface area contributed by atoms with Crippen molar-refractivity contribution in [1.82, 2.24) is 35.2 Å². The maximum atomic E-state index is 4.25. The third-order valence-corrected chi connectivity index (χ3v) is 2.41. The van der Waals surface area contributed by atoms with Crippen molar-refractivity contribution in [2.24, 2.45) is 15.0 Å². The molecule has 0 unspecified atom stereocenters. The molecule has 0 atom stereocenters. The van der Waals surface area contributed by atoms with Crippen LogP contribution in [0.4, 0.5) is 0 Å². The van der Waals surface area contributed by atoms with Crippen molar-refractivity contribution in [2.75, 3.05) is 6.67 Å². The summed E-state index contributed by atoms with van der Waals surface area (Å²) in [5.74, 6) is 1.74. The number of aliphatic imine (C=N–C) groups is 3. The highest BCUT2D eigenvalue weighted by Crippen LogP contribution is 2.06. The third kappa shape index (κ3) is 1.29. The summed E-state index contributed by atoms with van der Waals surface area (Å²) in [6.07, 6.45) is 4.78. The highest BCUT2D eigenvalue weighted by molar-refractivity contribution is 6.12. The number of aromatic nitrogens is 5. The maximum absolute atomic E-state index is 4.25. The number of guanidine groups is 1. The number of hydrogen-bond acceptors (Lipinski definition) is 9. The molecular formula is C8H6N10. The average molecular weight is 242 g/mol. The van der Waals surface area contributed by atoms with E-state index < -0.39 is 0 Å². The zero-order valence-corrected chi connectivity index (χ0v) is 8.96. The van der Waals surface area contributed by atoms with Gasteiger partial charge in [-0.3, -0.25) is 0 Å². The molecule has 0 bridgehead atoms. The van der Waals surface area contributed by atoms with E-state index in [1.165, 1.54) is 10.7 Å². The second-order valence-electron chi connectivity index (χ2n) is 3.52. The Labute approximate surface area is 99.8 Å². The number of hydrazine groups is 1. The minimum absolute atomic E-state index is 0.390. The molecule has 2 aromatic rings. The van der Waals surface area contributed by atoms with Crippen LogP contribution >= 0.6 is 0 Å². The summed E-state index contributed by atoms with van der Waals surface area (Å²) in [7, 11) is 0. The summed E-state index contributed by atoms with van der Waals surface area (Å²) in [5, 5.41) is 13.4. The number of nitrogens with zero attached hydrogens (tertiary/aromatic N) is 9. The van der Waals surface area contributed by atoms with E-state index in [0.29, 0.717) is 30.1 Å². The summed E-state index contributed by atoms with van der Waals surface area (Å²) in [6, 6.07) is 0. The van der Waals surface area contributed by atoms with E-state index in [0.717, 1.165) is 0 Å². The summed E-state index contributed by atoms with van der Waals surface area (Å²) in [4.78, 5) is 16.8. The fourth-order valence-corrected chi connectivity index (χ4v) is 1.61. The van der Waals surface area contributed by atoms with Gasteiger partial charge in [-0.1, -0.05) is 0 Å². The molecule has 10 nitrogen and oxygen atoms in total. The molecule has 4 heterocycles. The second kappa shape index (κ2) is 3.37. The van der Waals surface area contributed by atoms with E-state index in [2.05, 4.69) is 40.7 Å². The van der Waals surface area contributed by atoms with Crippen LogP contribution in [0.2, 0.25) is 0 Å². The fraction of sp³-hybridized carbons (Fsp3) is 0.125. The molecule has 2 aromatic heterocycles. The number of hydrogen-bond donors (Lipinski definition) is 1. The zero-order chi connectivity index (χ0) is 11.9. The van der Waals surface area contributed by atoms with Gasteiger partial charge in [0.25, 0.3) is 5.78 Å². The molecule has 4 rings (SSSR count). The van der Waals surface area contributed by atoms with Gasteiger partial charge in [-0.05, 0) is 0 Å². The molecule has 10 heteroatoms. The van der Waals surface area contributed by atoms with Gasteiger partial charge in [0.2, 0.25) is 17.6 Å². The van der Waals surface area contributed by atoms with Crippen LogP contribution in [0, 0.1) is 0 Å². The van der Waals surface area contributed by atoms with Gasteiger partial charge in [-0.2, -0.15) is 15.1 Å². The Bertz CT molecular complexity index is 676. The van der Waals surface area contributed by atoms with E-state index in [1.807, 2.05) is 0 Å². The lowest BCUT2D eigenvalue weighted by atomic mass is 10.5. The van der Waals surface area contributed by atoms with Crippen LogP contribution in [0.15, 0.2) is 27.4 Å². The van der Waals surface area contributed by atoms with Crippen LogP contribution in [0.25, 0.3) is 5.78 Å². The Morgan fingerprint density at radius 3 is 3.28 bits per heavy atom. The predicted molar refractivity (Wildman–Crippen MR) is 60.9 cm³/mol. The predicted octanol–water partition coefficient (Wildman–Crippen LogP) is -1.56. The first-order valence-electron chi connectivity index (χ1n) is 5.15. The smallest absolute Gasteiger partial charge is 0.232 e. The summed E-state index contributed by atoms with van der Waals surface area (Å²) < 4.78 is 1.52. The van der Waals surface area contributed by atoms with Crippen LogP contribution in [-0.2, 0) is 0 Å². The maximum Gasteiger partial charge on any atom is 0.272 e. The fourth-order valence-electron chi connectivity index (χ4n) is 1.61. The molecule has 0 radical (unpaired) electrons. The Kier molecular flexibility index (Phi) is 1.74. The molecule has 0 saturated carbocycles. The van der Waals surface area contributed by atoms with Crippen molar-refractivity contribution in [3.05, 3.63) is 18.2 Å². The van der Waals surface area contributed by atoms with Crippen LogP contribution in [0.3, 0.4) is 0 Å². The minimum atomic E-state index is 0.390.